The van der Waals surface area contributed by atoms with Gasteiger partial charge in [0.2, 0.25) is 0 Å². The van der Waals surface area contributed by atoms with Gasteiger partial charge in [-0.1, -0.05) is 34.1 Å². The fraction of sp³-hybridized carbons (Fsp3) is 0.214. The molecule has 88 valence electrons. The minimum Gasteiger partial charge on any atom is -0.307 e. The predicted molar refractivity (Wildman–Crippen MR) is 73.7 cm³/mol. The molecule has 0 amide bonds. The molecular formula is C14H15BrN2. The molecule has 0 saturated heterocycles. The first-order valence-electron chi connectivity index (χ1n) is 5.61. The van der Waals surface area contributed by atoms with E-state index >= 15 is 0 Å². The lowest BCUT2D eigenvalue weighted by molar-refractivity contribution is 0.676. The number of rotatable bonds is 4. The van der Waals surface area contributed by atoms with Gasteiger partial charge in [0.25, 0.3) is 0 Å². The third-order valence-corrected chi connectivity index (χ3v) is 3.12. The Balaban J connectivity index is 1.90. The van der Waals surface area contributed by atoms with E-state index in [4.69, 9.17) is 0 Å². The van der Waals surface area contributed by atoms with Gasteiger partial charge in [0.15, 0.2) is 0 Å². The third kappa shape index (κ3) is 3.65. The van der Waals surface area contributed by atoms with Crippen LogP contribution in [0, 0.1) is 6.92 Å². The molecule has 0 spiro atoms. The number of nitrogens with one attached hydrogen (secondary N) is 1. The van der Waals surface area contributed by atoms with E-state index in [0.29, 0.717) is 0 Å². The molecule has 0 unspecified atom stereocenters. The Morgan fingerprint density at radius 1 is 1.18 bits per heavy atom. The molecule has 1 N–H and O–H groups in total. The molecule has 0 aliphatic heterocycles. The fourth-order valence-corrected chi connectivity index (χ4v) is 2.12. The number of nitrogens with zero attached hydrogens (tertiary/aromatic N) is 1. The molecule has 0 aliphatic rings. The molecule has 2 aromatic rings. The Kier molecular flexibility index (Phi) is 4.29. The van der Waals surface area contributed by atoms with Gasteiger partial charge in [-0.25, -0.2) is 0 Å². The number of halogens is 1. The lowest BCUT2D eigenvalue weighted by Gasteiger charge is -2.07. The van der Waals surface area contributed by atoms with E-state index in [2.05, 4.69) is 51.4 Å². The summed E-state index contributed by atoms with van der Waals surface area (Å²) < 4.78 is 1.12. The van der Waals surface area contributed by atoms with Crippen LogP contribution in [0.25, 0.3) is 0 Å². The first-order valence-corrected chi connectivity index (χ1v) is 6.40. The molecule has 0 fully saturated rings. The average molecular weight is 291 g/mol. The van der Waals surface area contributed by atoms with Crippen LogP contribution in [0.1, 0.15) is 16.8 Å². The zero-order valence-corrected chi connectivity index (χ0v) is 11.4. The maximum absolute atomic E-state index is 4.36. The average Bonchev–Trinajstić information content (AvgIpc) is 2.32. The topological polar surface area (TPSA) is 24.9 Å². The molecule has 1 heterocycles. The van der Waals surface area contributed by atoms with E-state index in [0.717, 1.165) is 23.3 Å². The zero-order valence-electron chi connectivity index (χ0n) is 9.78. The van der Waals surface area contributed by atoms with Crippen molar-refractivity contribution >= 4 is 15.9 Å². The smallest absolute Gasteiger partial charge is 0.0570 e. The van der Waals surface area contributed by atoms with Crippen molar-refractivity contribution in [1.82, 2.24) is 10.3 Å². The van der Waals surface area contributed by atoms with E-state index in [1.54, 1.807) is 0 Å². The first kappa shape index (κ1) is 12.3. The predicted octanol–water partition coefficient (Wildman–Crippen LogP) is 3.44. The summed E-state index contributed by atoms with van der Waals surface area (Å²) in [5.74, 6) is 0. The highest BCUT2D eigenvalue weighted by Gasteiger charge is 1.98. The summed E-state index contributed by atoms with van der Waals surface area (Å²) >= 11 is 3.47. The lowest BCUT2D eigenvalue weighted by atomic mass is 10.2. The van der Waals surface area contributed by atoms with Crippen LogP contribution in [0.15, 0.2) is 47.1 Å². The summed E-state index contributed by atoms with van der Waals surface area (Å²) in [6, 6.07) is 12.4. The zero-order chi connectivity index (χ0) is 12.1. The van der Waals surface area contributed by atoms with Gasteiger partial charge in [0.05, 0.1) is 5.69 Å². The van der Waals surface area contributed by atoms with Crippen molar-refractivity contribution in [3.63, 3.8) is 0 Å². The fourth-order valence-electron chi connectivity index (χ4n) is 1.68. The number of aromatic nitrogens is 1. The standard InChI is InChI=1S/C14H15BrN2/c1-11-4-3-7-17-14(11)10-16-9-12-5-2-6-13(15)8-12/h2-8,16H,9-10H2,1H3. The van der Waals surface area contributed by atoms with Gasteiger partial charge < -0.3 is 5.32 Å². The molecule has 0 aliphatic carbocycles. The first-order chi connectivity index (χ1) is 8.25. The number of hydrogen-bond acceptors (Lipinski definition) is 2. The molecule has 0 atom stereocenters. The molecule has 3 heteroatoms. The molecule has 1 aromatic carbocycles. The largest absolute Gasteiger partial charge is 0.307 e. The molecule has 2 nitrogen and oxygen atoms in total. The van der Waals surface area contributed by atoms with Crippen molar-refractivity contribution in [2.24, 2.45) is 0 Å². The Hall–Kier alpha value is -1.19. The molecule has 1 aromatic heterocycles. The second-order valence-corrected chi connectivity index (χ2v) is 4.92. The minimum atomic E-state index is 0.805. The Morgan fingerprint density at radius 2 is 2.06 bits per heavy atom. The maximum Gasteiger partial charge on any atom is 0.0570 e. The number of hydrogen-bond donors (Lipinski definition) is 1. The highest BCUT2D eigenvalue weighted by atomic mass is 79.9. The summed E-state index contributed by atoms with van der Waals surface area (Å²) in [6.45, 7) is 3.75. The Bertz CT molecular complexity index is 497. The summed E-state index contributed by atoms with van der Waals surface area (Å²) in [6.07, 6.45) is 1.84. The summed E-state index contributed by atoms with van der Waals surface area (Å²) in [7, 11) is 0. The monoisotopic (exact) mass is 290 g/mol. The molecule has 17 heavy (non-hydrogen) atoms. The van der Waals surface area contributed by atoms with Crippen molar-refractivity contribution in [1.29, 1.82) is 0 Å². The van der Waals surface area contributed by atoms with Crippen LogP contribution in [0.4, 0.5) is 0 Å². The van der Waals surface area contributed by atoms with Crippen molar-refractivity contribution in [2.75, 3.05) is 0 Å². The second-order valence-electron chi connectivity index (χ2n) is 4.00. The van der Waals surface area contributed by atoms with Crippen LogP contribution < -0.4 is 5.32 Å². The van der Waals surface area contributed by atoms with E-state index < -0.39 is 0 Å². The van der Waals surface area contributed by atoms with Gasteiger partial charge in [-0.15, -0.1) is 0 Å². The number of benzene rings is 1. The lowest BCUT2D eigenvalue weighted by Crippen LogP contribution is -2.14. The van der Waals surface area contributed by atoms with Gasteiger partial charge in [-0.2, -0.15) is 0 Å². The van der Waals surface area contributed by atoms with Crippen LogP contribution in [0.3, 0.4) is 0 Å². The normalized spacial score (nSPS) is 10.5. The summed E-state index contributed by atoms with van der Waals surface area (Å²) in [5.41, 5.74) is 3.62. The Labute approximate surface area is 110 Å². The highest BCUT2D eigenvalue weighted by molar-refractivity contribution is 9.10. The summed E-state index contributed by atoms with van der Waals surface area (Å²) in [4.78, 5) is 4.36. The Morgan fingerprint density at radius 3 is 2.82 bits per heavy atom. The van der Waals surface area contributed by atoms with Gasteiger partial charge >= 0.3 is 0 Å². The van der Waals surface area contributed by atoms with Crippen LogP contribution >= 0.6 is 15.9 Å². The molecular weight excluding hydrogens is 276 g/mol. The van der Waals surface area contributed by atoms with Crippen LogP contribution in [0.5, 0.6) is 0 Å². The van der Waals surface area contributed by atoms with Gasteiger partial charge in [-0.3, -0.25) is 4.98 Å². The van der Waals surface area contributed by atoms with Gasteiger partial charge in [0.1, 0.15) is 0 Å². The second kappa shape index (κ2) is 5.94. The van der Waals surface area contributed by atoms with E-state index in [1.165, 1.54) is 11.1 Å². The van der Waals surface area contributed by atoms with E-state index in [1.807, 2.05) is 24.4 Å². The minimum absolute atomic E-state index is 0.805. The SMILES string of the molecule is Cc1cccnc1CNCc1cccc(Br)c1. The quantitative estimate of drug-likeness (QED) is 0.933. The highest BCUT2D eigenvalue weighted by Crippen LogP contribution is 2.11. The van der Waals surface area contributed by atoms with E-state index in [9.17, 15) is 0 Å². The summed E-state index contributed by atoms with van der Waals surface area (Å²) in [5, 5.41) is 3.40. The third-order valence-electron chi connectivity index (χ3n) is 2.63. The number of aryl methyl sites for hydroxylation is 1. The molecule has 0 bridgehead atoms. The van der Waals surface area contributed by atoms with Crippen LogP contribution in [-0.4, -0.2) is 4.98 Å². The van der Waals surface area contributed by atoms with E-state index in [-0.39, 0.29) is 0 Å². The molecule has 2 rings (SSSR count). The number of pyridine rings is 1. The van der Waals surface area contributed by atoms with Crippen molar-refractivity contribution in [3.8, 4) is 0 Å². The van der Waals surface area contributed by atoms with Crippen LogP contribution in [-0.2, 0) is 13.1 Å². The van der Waals surface area contributed by atoms with Gasteiger partial charge in [0, 0.05) is 23.8 Å². The van der Waals surface area contributed by atoms with Crippen molar-refractivity contribution in [2.45, 2.75) is 20.0 Å². The van der Waals surface area contributed by atoms with Crippen molar-refractivity contribution in [3.05, 3.63) is 63.9 Å². The van der Waals surface area contributed by atoms with Crippen molar-refractivity contribution < 1.29 is 0 Å². The van der Waals surface area contributed by atoms with Gasteiger partial charge in [-0.05, 0) is 36.2 Å². The maximum atomic E-state index is 4.36. The van der Waals surface area contributed by atoms with Crippen LogP contribution in [0.2, 0.25) is 0 Å². The molecule has 0 radical (unpaired) electrons. The molecule has 0 saturated carbocycles.